The highest BCUT2D eigenvalue weighted by Crippen LogP contribution is 2.19. The zero-order valence-electron chi connectivity index (χ0n) is 13.7. The molecule has 0 unspecified atom stereocenters. The summed E-state index contributed by atoms with van der Waals surface area (Å²) in [5.74, 6) is -0.186. The molecule has 0 saturated carbocycles. The number of carbonyl (C=O) groups excluding carboxylic acids is 1. The SMILES string of the molecule is Cc1ccc(/C=C/C(=O)NCCc2ccc(S(N)(=O)=O)cc2)c(Br)c1. The summed E-state index contributed by atoms with van der Waals surface area (Å²) in [4.78, 5) is 11.9. The predicted molar refractivity (Wildman–Crippen MR) is 102 cm³/mol. The van der Waals surface area contributed by atoms with Crippen LogP contribution in [0.15, 0.2) is 57.9 Å². The first kappa shape index (κ1) is 19.4. The number of hydrogen-bond acceptors (Lipinski definition) is 3. The Morgan fingerprint density at radius 2 is 1.88 bits per heavy atom. The summed E-state index contributed by atoms with van der Waals surface area (Å²) < 4.78 is 23.3. The minimum atomic E-state index is -3.68. The molecule has 3 N–H and O–H groups in total. The summed E-state index contributed by atoms with van der Waals surface area (Å²) in [6.07, 6.45) is 3.83. The Balaban J connectivity index is 1.85. The van der Waals surface area contributed by atoms with Crippen LogP contribution in [0.4, 0.5) is 0 Å². The number of primary sulfonamides is 1. The molecule has 1 amide bonds. The van der Waals surface area contributed by atoms with Crippen LogP contribution in [0.1, 0.15) is 16.7 Å². The van der Waals surface area contributed by atoms with Crippen LogP contribution in [0.5, 0.6) is 0 Å². The first-order valence-electron chi connectivity index (χ1n) is 7.59. The second kappa shape index (κ2) is 8.42. The second-order valence-corrected chi connectivity index (χ2v) is 8.00. The maximum atomic E-state index is 11.9. The van der Waals surface area contributed by atoms with E-state index in [0.717, 1.165) is 21.2 Å². The average Bonchev–Trinajstić information content (AvgIpc) is 2.53. The quantitative estimate of drug-likeness (QED) is 0.701. The summed E-state index contributed by atoms with van der Waals surface area (Å²) >= 11 is 3.47. The molecule has 132 valence electrons. The first-order valence-corrected chi connectivity index (χ1v) is 9.93. The lowest BCUT2D eigenvalue weighted by Gasteiger charge is -2.04. The Morgan fingerprint density at radius 1 is 1.20 bits per heavy atom. The van der Waals surface area contributed by atoms with Gasteiger partial charge in [0, 0.05) is 17.1 Å². The van der Waals surface area contributed by atoms with Crippen molar-refractivity contribution in [2.45, 2.75) is 18.2 Å². The van der Waals surface area contributed by atoms with Crippen LogP contribution in [0.2, 0.25) is 0 Å². The fourth-order valence-corrected chi connectivity index (χ4v) is 3.31. The molecule has 0 heterocycles. The van der Waals surface area contributed by atoms with Crippen molar-refractivity contribution >= 4 is 37.9 Å². The van der Waals surface area contributed by atoms with E-state index in [9.17, 15) is 13.2 Å². The number of nitrogens with one attached hydrogen (secondary N) is 1. The summed E-state index contributed by atoms with van der Waals surface area (Å²) in [6.45, 7) is 2.45. The third kappa shape index (κ3) is 6.12. The maximum Gasteiger partial charge on any atom is 0.244 e. The second-order valence-electron chi connectivity index (χ2n) is 5.59. The summed E-state index contributed by atoms with van der Waals surface area (Å²) in [6, 6.07) is 12.2. The molecule has 0 aliphatic rings. The molecule has 0 aliphatic heterocycles. The summed E-state index contributed by atoms with van der Waals surface area (Å²) in [5, 5.41) is 7.84. The lowest BCUT2D eigenvalue weighted by Crippen LogP contribution is -2.23. The first-order chi connectivity index (χ1) is 11.8. The number of carbonyl (C=O) groups is 1. The van der Waals surface area contributed by atoms with Crippen molar-refractivity contribution in [2.24, 2.45) is 5.14 Å². The van der Waals surface area contributed by atoms with Gasteiger partial charge in [0.1, 0.15) is 0 Å². The van der Waals surface area contributed by atoms with Crippen molar-refractivity contribution in [1.82, 2.24) is 5.32 Å². The largest absolute Gasteiger partial charge is 0.352 e. The van der Waals surface area contributed by atoms with Gasteiger partial charge in [-0.05, 0) is 54.3 Å². The van der Waals surface area contributed by atoms with E-state index in [1.54, 1.807) is 18.2 Å². The Bertz CT molecular complexity index is 891. The van der Waals surface area contributed by atoms with Crippen molar-refractivity contribution in [2.75, 3.05) is 6.54 Å². The van der Waals surface area contributed by atoms with Crippen LogP contribution >= 0.6 is 15.9 Å². The highest BCUT2D eigenvalue weighted by molar-refractivity contribution is 9.10. The molecule has 0 saturated heterocycles. The van der Waals surface area contributed by atoms with Gasteiger partial charge < -0.3 is 5.32 Å². The molecule has 0 aliphatic carbocycles. The van der Waals surface area contributed by atoms with Gasteiger partial charge in [-0.1, -0.05) is 40.2 Å². The van der Waals surface area contributed by atoms with Crippen LogP contribution in [-0.4, -0.2) is 20.9 Å². The van der Waals surface area contributed by atoms with E-state index in [1.165, 1.54) is 18.2 Å². The van der Waals surface area contributed by atoms with Crippen molar-refractivity contribution in [1.29, 1.82) is 0 Å². The average molecular weight is 423 g/mol. The molecule has 2 aromatic carbocycles. The van der Waals surface area contributed by atoms with E-state index >= 15 is 0 Å². The van der Waals surface area contributed by atoms with Crippen LogP contribution < -0.4 is 10.5 Å². The molecule has 25 heavy (non-hydrogen) atoms. The number of rotatable bonds is 6. The topological polar surface area (TPSA) is 89.3 Å². The minimum absolute atomic E-state index is 0.0758. The third-order valence-electron chi connectivity index (χ3n) is 3.54. The van der Waals surface area contributed by atoms with Gasteiger partial charge in [0.15, 0.2) is 0 Å². The number of nitrogens with two attached hydrogens (primary N) is 1. The standard InChI is InChI=1S/C18H19BrN2O3S/c1-13-2-5-15(17(19)12-13)6-9-18(22)21-11-10-14-3-7-16(8-4-14)25(20,23)24/h2-9,12H,10-11H2,1H3,(H,21,22)(H2,20,23,24)/b9-6+. The van der Waals surface area contributed by atoms with Crippen LogP contribution in [0.3, 0.4) is 0 Å². The smallest absolute Gasteiger partial charge is 0.244 e. The Hall–Kier alpha value is -1.96. The molecular formula is C18H19BrN2O3S. The number of benzene rings is 2. The van der Waals surface area contributed by atoms with E-state index in [1.807, 2.05) is 25.1 Å². The molecule has 5 nitrogen and oxygen atoms in total. The number of aryl methyl sites for hydroxylation is 1. The number of hydrogen-bond donors (Lipinski definition) is 2. The summed E-state index contributed by atoms with van der Waals surface area (Å²) in [5.41, 5.74) is 2.99. The van der Waals surface area contributed by atoms with Gasteiger partial charge in [-0.2, -0.15) is 0 Å². The molecule has 0 atom stereocenters. The minimum Gasteiger partial charge on any atom is -0.352 e. The Morgan fingerprint density at radius 3 is 2.48 bits per heavy atom. The van der Waals surface area contributed by atoms with E-state index in [4.69, 9.17) is 5.14 Å². The molecule has 0 aromatic heterocycles. The third-order valence-corrected chi connectivity index (χ3v) is 5.15. The normalized spacial score (nSPS) is 11.6. The van der Waals surface area contributed by atoms with Gasteiger partial charge in [0.25, 0.3) is 0 Å². The lowest BCUT2D eigenvalue weighted by atomic mass is 10.1. The van der Waals surface area contributed by atoms with E-state index in [-0.39, 0.29) is 10.8 Å². The zero-order chi connectivity index (χ0) is 18.4. The molecule has 0 radical (unpaired) electrons. The molecule has 2 rings (SSSR count). The highest BCUT2D eigenvalue weighted by Gasteiger charge is 2.06. The number of amides is 1. The van der Waals surface area contributed by atoms with Crippen LogP contribution in [0.25, 0.3) is 6.08 Å². The predicted octanol–water partition coefficient (Wildman–Crippen LogP) is 2.78. The molecule has 0 spiro atoms. The highest BCUT2D eigenvalue weighted by atomic mass is 79.9. The van der Waals surface area contributed by atoms with Crippen molar-refractivity contribution in [3.63, 3.8) is 0 Å². The van der Waals surface area contributed by atoms with E-state index in [2.05, 4.69) is 21.2 Å². The monoisotopic (exact) mass is 422 g/mol. The fraction of sp³-hybridized carbons (Fsp3) is 0.167. The van der Waals surface area contributed by atoms with Crippen molar-refractivity contribution in [3.8, 4) is 0 Å². The number of sulfonamides is 1. The van der Waals surface area contributed by atoms with Gasteiger partial charge in [-0.25, -0.2) is 13.6 Å². The molecular weight excluding hydrogens is 404 g/mol. The molecule has 7 heteroatoms. The van der Waals surface area contributed by atoms with Gasteiger partial charge in [0.05, 0.1) is 4.90 Å². The fourth-order valence-electron chi connectivity index (χ4n) is 2.17. The zero-order valence-corrected chi connectivity index (χ0v) is 16.1. The maximum absolute atomic E-state index is 11.9. The van der Waals surface area contributed by atoms with Gasteiger partial charge in [0.2, 0.25) is 15.9 Å². The van der Waals surface area contributed by atoms with Gasteiger partial charge in [-0.15, -0.1) is 0 Å². The Kier molecular flexibility index (Phi) is 6.52. The van der Waals surface area contributed by atoms with E-state index < -0.39 is 10.0 Å². The van der Waals surface area contributed by atoms with Crippen LogP contribution in [0, 0.1) is 6.92 Å². The molecule has 0 bridgehead atoms. The Labute approximate surface area is 156 Å². The van der Waals surface area contributed by atoms with Crippen molar-refractivity contribution in [3.05, 3.63) is 69.7 Å². The lowest BCUT2D eigenvalue weighted by molar-refractivity contribution is -0.116. The van der Waals surface area contributed by atoms with Gasteiger partial charge >= 0.3 is 0 Å². The van der Waals surface area contributed by atoms with Crippen molar-refractivity contribution < 1.29 is 13.2 Å². The van der Waals surface area contributed by atoms with Gasteiger partial charge in [-0.3, -0.25) is 4.79 Å². The van der Waals surface area contributed by atoms with E-state index in [0.29, 0.717) is 13.0 Å². The summed E-state index contributed by atoms with van der Waals surface area (Å²) in [7, 11) is -3.68. The molecule has 0 fully saturated rings. The van der Waals surface area contributed by atoms with Crippen LogP contribution in [-0.2, 0) is 21.2 Å². The number of halogens is 1. The molecule has 2 aromatic rings.